The van der Waals surface area contributed by atoms with Crippen LogP contribution >= 0.6 is 22.7 Å². The van der Waals surface area contributed by atoms with E-state index in [1.54, 1.807) is 0 Å². The number of cyclic esters (lactones) is 1. The minimum Gasteiger partial charge on any atom is -0.448 e. The SMILES string of the molecule is Cc1ccsc1-c1ccc(CN2CCC(N3CCOC3=O)CC2)s1. The second-order valence-corrected chi connectivity index (χ2v) is 8.60. The maximum Gasteiger partial charge on any atom is 0.410 e. The van der Waals surface area contributed by atoms with E-state index in [1.807, 2.05) is 27.6 Å². The third-order valence-corrected chi connectivity index (χ3v) is 7.18. The normalized spacial score (nSPS) is 19.9. The summed E-state index contributed by atoms with van der Waals surface area (Å²) in [5, 5.41) is 2.16. The first-order valence-corrected chi connectivity index (χ1v) is 10.2. The molecule has 0 saturated carbocycles. The van der Waals surface area contributed by atoms with Gasteiger partial charge in [-0.05, 0) is 48.9 Å². The predicted molar refractivity (Wildman–Crippen MR) is 98.7 cm³/mol. The summed E-state index contributed by atoms with van der Waals surface area (Å²) in [6.07, 6.45) is 1.98. The second-order valence-electron chi connectivity index (χ2n) is 6.51. The molecule has 2 aromatic rings. The number of likely N-dealkylation sites (tertiary alicyclic amines) is 1. The van der Waals surface area contributed by atoms with Crippen LogP contribution in [0.5, 0.6) is 0 Å². The zero-order chi connectivity index (χ0) is 16.5. The standard InChI is InChI=1S/C18H22N2O2S2/c1-13-6-11-23-17(13)16-3-2-15(24-16)12-19-7-4-14(5-8-19)20-9-10-22-18(20)21/h2-3,6,11,14H,4-5,7-10,12H2,1H3. The molecule has 0 N–H and O–H groups in total. The van der Waals surface area contributed by atoms with Crippen LogP contribution in [-0.2, 0) is 11.3 Å². The number of carbonyl (C=O) groups excluding carboxylic acids is 1. The van der Waals surface area contributed by atoms with Gasteiger partial charge in [-0.25, -0.2) is 4.79 Å². The lowest BCUT2D eigenvalue weighted by atomic mass is 10.0. The van der Waals surface area contributed by atoms with Gasteiger partial charge >= 0.3 is 6.09 Å². The fourth-order valence-electron chi connectivity index (χ4n) is 3.56. The van der Waals surface area contributed by atoms with E-state index in [-0.39, 0.29) is 6.09 Å². The minimum absolute atomic E-state index is 0.123. The molecule has 0 unspecified atom stereocenters. The number of nitrogens with zero attached hydrogens (tertiary/aromatic N) is 2. The van der Waals surface area contributed by atoms with Crippen molar-refractivity contribution in [2.75, 3.05) is 26.2 Å². The van der Waals surface area contributed by atoms with Crippen LogP contribution in [0.3, 0.4) is 0 Å². The third-order valence-electron chi connectivity index (χ3n) is 4.92. The second kappa shape index (κ2) is 6.86. The fourth-order valence-corrected chi connectivity index (χ4v) is 5.73. The number of rotatable bonds is 4. The van der Waals surface area contributed by atoms with Crippen molar-refractivity contribution in [3.8, 4) is 9.75 Å². The number of hydrogen-bond donors (Lipinski definition) is 0. The molecule has 2 aliphatic rings. The molecule has 24 heavy (non-hydrogen) atoms. The van der Waals surface area contributed by atoms with Gasteiger partial charge in [0.2, 0.25) is 0 Å². The Morgan fingerprint density at radius 1 is 1.21 bits per heavy atom. The molecule has 2 fully saturated rings. The first-order chi connectivity index (χ1) is 11.7. The molecule has 0 atom stereocenters. The van der Waals surface area contributed by atoms with E-state index in [4.69, 9.17) is 4.74 Å². The number of aryl methyl sites for hydroxylation is 1. The van der Waals surface area contributed by atoms with Gasteiger partial charge in [-0.15, -0.1) is 22.7 Å². The average Bonchev–Trinajstić information content (AvgIpc) is 3.30. The van der Waals surface area contributed by atoms with E-state index in [0.29, 0.717) is 12.6 Å². The Labute approximate surface area is 150 Å². The van der Waals surface area contributed by atoms with Crippen LogP contribution in [0.1, 0.15) is 23.3 Å². The van der Waals surface area contributed by atoms with E-state index in [9.17, 15) is 4.79 Å². The maximum absolute atomic E-state index is 11.7. The topological polar surface area (TPSA) is 32.8 Å². The van der Waals surface area contributed by atoms with Crippen molar-refractivity contribution in [2.45, 2.75) is 32.4 Å². The molecule has 2 aliphatic heterocycles. The van der Waals surface area contributed by atoms with Crippen molar-refractivity contribution >= 4 is 28.8 Å². The van der Waals surface area contributed by atoms with Crippen LogP contribution in [0, 0.1) is 6.92 Å². The summed E-state index contributed by atoms with van der Waals surface area (Å²) in [6, 6.07) is 7.08. The van der Waals surface area contributed by atoms with Crippen molar-refractivity contribution in [3.63, 3.8) is 0 Å². The summed E-state index contributed by atoms with van der Waals surface area (Å²) in [6.45, 7) is 6.63. The van der Waals surface area contributed by atoms with Crippen LogP contribution in [0.4, 0.5) is 4.79 Å². The summed E-state index contributed by atoms with van der Waals surface area (Å²) in [4.78, 5) is 20.3. The van der Waals surface area contributed by atoms with Gasteiger partial charge in [0.25, 0.3) is 0 Å². The van der Waals surface area contributed by atoms with Gasteiger partial charge in [0, 0.05) is 40.3 Å². The summed E-state index contributed by atoms with van der Waals surface area (Å²) < 4.78 is 5.06. The lowest BCUT2D eigenvalue weighted by Gasteiger charge is -2.35. The monoisotopic (exact) mass is 362 g/mol. The van der Waals surface area contributed by atoms with Gasteiger partial charge in [-0.2, -0.15) is 0 Å². The number of thiophene rings is 2. The average molecular weight is 363 g/mol. The molecule has 0 aliphatic carbocycles. The smallest absolute Gasteiger partial charge is 0.410 e. The van der Waals surface area contributed by atoms with Gasteiger partial charge in [0.05, 0.1) is 6.54 Å². The Balaban J connectivity index is 1.33. The number of piperidine rings is 1. The largest absolute Gasteiger partial charge is 0.448 e. The van der Waals surface area contributed by atoms with E-state index in [1.165, 1.54) is 20.2 Å². The molecule has 2 aromatic heterocycles. The summed E-state index contributed by atoms with van der Waals surface area (Å²) in [7, 11) is 0. The molecule has 0 aromatic carbocycles. The van der Waals surface area contributed by atoms with E-state index >= 15 is 0 Å². The Morgan fingerprint density at radius 3 is 2.71 bits per heavy atom. The van der Waals surface area contributed by atoms with Crippen molar-refractivity contribution in [2.24, 2.45) is 0 Å². The third kappa shape index (κ3) is 3.23. The van der Waals surface area contributed by atoms with Crippen molar-refractivity contribution in [1.82, 2.24) is 9.80 Å². The minimum atomic E-state index is -0.123. The van der Waals surface area contributed by atoms with E-state index in [0.717, 1.165) is 39.0 Å². The highest BCUT2D eigenvalue weighted by Crippen LogP contribution is 2.35. The molecular weight excluding hydrogens is 340 g/mol. The molecule has 4 rings (SSSR count). The van der Waals surface area contributed by atoms with Gasteiger partial charge in [0.15, 0.2) is 0 Å². The van der Waals surface area contributed by atoms with E-state index in [2.05, 4.69) is 35.4 Å². The summed E-state index contributed by atoms with van der Waals surface area (Å²) in [5.74, 6) is 0. The van der Waals surface area contributed by atoms with Gasteiger partial charge in [-0.1, -0.05) is 0 Å². The number of hydrogen-bond acceptors (Lipinski definition) is 5. The predicted octanol–water partition coefficient (Wildman–Crippen LogP) is 4.20. The molecule has 0 bridgehead atoms. The number of carbonyl (C=O) groups is 1. The highest BCUT2D eigenvalue weighted by Gasteiger charge is 2.32. The Hall–Kier alpha value is -1.37. The van der Waals surface area contributed by atoms with Gasteiger partial charge in [-0.3, -0.25) is 4.90 Å². The number of amides is 1. The number of ether oxygens (including phenoxy) is 1. The molecule has 128 valence electrons. The molecular formula is C18H22N2O2S2. The molecule has 0 spiro atoms. The molecule has 6 heteroatoms. The highest BCUT2D eigenvalue weighted by molar-refractivity contribution is 7.21. The van der Waals surface area contributed by atoms with Crippen LogP contribution < -0.4 is 0 Å². The molecule has 2 saturated heterocycles. The van der Waals surface area contributed by atoms with Crippen molar-refractivity contribution in [3.05, 3.63) is 34.0 Å². The quantitative estimate of drug-likeness (QED) is 0.817. The zero-order valence-electron chi connectivity index (χ0n) is 13.9. The van der Waals surface area contributed by atoms with Crippen LogP contribution in [0.2, 0.25) is 0 Å². The van der Waals surface area contributed by atoms with Gasteiger partial charge < -0.3 is 9.64 Å². The lowest BCUT2D eigenvalue weighted by Crippen LogP contribution is -2.44. The Morgan fingerprint density at radius 2 is 2.04 bits per heavy atom. The molecule has 0 radical (unpaired) electrons. The Kier molecular flexibility index (Phi) is 4.61. The fraction of sp³-hybridized carbons (Fsp3) is 0.500. The molecule has 4 heterocycles. The van der Waals surface area contributed by atoms with Crippen molar-refractivity contribution < 1.29 is 9.53 Å². The van der Waals surface area contributed by atoms with Crippen molar-refractivity contribution in [1.29, 1.82) is 0 Å². The van der Waals surface area contributed by atoms with Crippen LogP contribution in [-0.4, -0.2) is 48.2 Å². The van der Waals surface area contributed by atoms with Gasteiger partial charge in [0.1, 0.15) is 6.61 Å². The van der Waals surface area contributed by atoms with E-state index < -0.39 is 0 Å². The summed E-state index contributed by atoms with van der Waals surface area (Å²) in [5.41, 5.74) is 1.37. The lowest BCUT2D eigenvalue weighted by molar-refractivity contribution is 0.115. The van der Waals surface area contributed by atoms with Crippen LogP contribution in [0.25, 0.3) is 9.75 Å². The highest BCUT2D eigenvalue weighted by atomic mass is 32.1. The zero-order valence-corrected chi connectivity index (χ0v) is 15.5. The first kappa shape index (κ1) is 16.1. The van der Waals surface area contributed by atoms with Crippen LogP contribution in [0.15, 0.2) is 23.6 Å². The molecule has 1 amide bonds. The summed E-state index contributed by atoms with van der Waals surface area (Å²) >= 11 is 3.73. The molecule has 4 nitrogen and oxygen atoms in total. The maximum atomic E-state index is 11.7. The Bertz CT molecular complexity index is 716. The first-order valence-electron chi connectivity index (χ1n) is 8.49.